The molecule has 1 aliphatic heterocycles. The fourth-order valence-corrected chi connectivity index (χ4v) is 3.37. The lowest BCUT2D eigenvalue weighted by atomic mass is 10.1. The first-order valence-electron chi connectivity index (χ1n) is 9.07. The summed E-state index contributed by atoms with van der Waals surface area (Å²) in [6, 6.07) is 8.97. The molecule has 1 aromatic carbocycles. The number of amides is 1. The molecule has 0 radical (unpaired) electrons. The number of carbonyl (C=O) groups excluding carboxylic acids is 1. The Morgan fingerprint density at radius 3 is 2.38 bits per heavy atom. The van der Waals surface area contributed by atoms with Crippen LogP contribution in [-0.2, 0) is 4.79 Å². The Balaban J connectivity index is 1.82. The molecule has 7 heteroatoms. The molecule has 26 heavy (non-hydrogen) atoms. The second kappa shape index (κ2) is 9.92. The minimum Gasteiger partial charge on any atom is -0.356 e. The van der Waals surface area contributed by atoms with Gasteiger partial charge >= 0.3 is 0 Å². The molecule has 1 unspecified atom stereocenters. The van der Waals surface area contributed by atoms with Crippen molar-refractivity contribution in [2.24, 2.45) is 4.99 Å². The molecule has 0 aromatic heterocycles. The SMILES string of the molecule is CN=C(NCCC(=O)N(C)C)N1CCN(C(C)c2ccc(Br)cc2)CC1. The lowest BCUT2D eigenvalue weighted by Gasteiger charge is -2.39. The number of hydrogen-bond donors (Lipinski definition) is 1. The van der Waals surface area contributed by atoms with Gasteiger partial charge in [-0.2, -0.15) is 0 Å². The van der Waals surface area contributed by atoms with Crippen LogP contribution < -0.4 is 5.32 Å². The van der Waals surface area contributed by atoms with Crippen molar-refractivity contribution in [2.45, 2.75) is 19.4 Å². The highest BCUT2D eigenvalue weighted by atomic mass is 79.9. The van der Waals surface area contributed by atoms with Crippen LogP contribution in [0.5, 0.6) is 0 Å². The number of nitrogens with zero attached hydrogens (tertiary/aromatic N) is 4. The van der Waals surface area contributed by atoms with Crippen LogP contribution in [0.3, 0.4) is 0 Å². The number of guanidine groups is 1. The van der Waals surface area contributed by atoms with Gasteiger partial charge in [0.15, 0.2) is 5.96 Å². The van der Waals surface area contributed by atoms with Crippen molar-refractivity contribution in [1.29, 1.82) is 0 Å². The van der Waals surface area contributed by atoms with Gasteiger partial charge in [0.1, 0.15) is 0 Å². The third-order valence-corrected chi connectivity index (χ3v) is 5.38. The Hall–Kier alpha value is -1.60. The number of aliphatic imine (C=N–C) groups is 1. The standard InChI is InChI=1S/C19H30BrN5O/c1-15(16-5-7-17(20)8-6-16)24-11-13-25(14-12-24)19(21-2)22-10-9-18(26)23(3)4/h5-8,15H,9-14H2,1-4H3,(H,21,22). The van der Waals surface area contributed by atoms with Crippen molar-refractivity contribution >= 4 is 27.8 Å². The summed E-state index contributed by atoms with van der Waals surface area (Å²) >= 11 is 3.50. The number of carbonyl (C=O) groups is 1. The minimum atomic E-state index is 0.126. The topological polar surface area (TPSA) is 51.2 Å². The first-order chi connectivity index (χ1) is 12.4. The number of hydrogen-bond acceptors (Lipinski definition) is 3. The van der Waals surface area contributed by atoms with Crippen LogP contribution in [0.2, 0.25) is 0 Å². The molecule has 1 heterocycles. The number of piperazine rings is 1. The van der Waals surface area contributed by atoms with Crippen LogP contribution in [0.1, 0.15) is 24.9 Å². The molecule has 1 fully saturated rings. The second-order valence-corrected chi connectivity index (χ2v) is 7.68. The maximum absolute atomic E-state index is 11.7. The zero-order valence-corrected chi connectivity index (χ0v) is 17.8. The summed E-state index contributed by atoms with van der Waals surface area (Å²) in [4.78, 5) is 22.4. The van der Waals surface area contributed by atoms with Crippen LogP contribution >= 0.6 is 15.9 Å². The van der Waals surface area contributed by atoms with Gasteiger partial charge in [-0.05, 0) is 24.6 Å². The van der Waals surface area contributed by atoms with E-state index in [1.807, 2.05) is 0 Å². The van der Waals surface area contributed by atoms with Gasteiger partial charge in [0, 0.05) is 70.8 Å². The molecule has 1 amide bonds. The Morgan fingerprint density at radius 2 is 1.85 bits per heavy atom. The first kappa shape index (κ1) is 20.7. The number of nitrogens with one attached hydrogen (secondary N) is 1. The highest BCUT2D eigenvalue weighted by Crippen LogP contribution is 2.23. The summed E-state index contributed by atoms with van der Waals surface area (Å²) in [7, 11) is 5.36. The van der Waals surface area contributed by atoms with Gasteiger partial charge in [-0.1, -0.05) is 28.1 Å². The highest BCUT2D eigenvalue weighted by molar-refractivity contribution is 9.10. The van der Waals surface area contributed by atoms with Crippen molar-refractivity contribution < 1.29 is 4.79 Å². The molecular weight excluding hydrogens is 394 g/mol. The van der Waals surface area contributed by atoms with E-state index in [1.165, 1.54) is 5.56 Å². The molecule has 0 aliphatic carbocycles. The van der Waals surface area contributed by atoms with Gasteiger partial charge in [0.05, 0.1) is 0 Å². The maximum atomic E-state index is 11.7. The quantitative estimate of drug-likeness (QED) is 0.582. The van der Waals surface area contributed by atoms with Crippen LogP contribution in [0.25, 0.3) is 0 Å². The van der Waals surface area contributed by atoms with Crippen LogP contribution in [-0.4, -0.2) is 80.4 Å². The molecule has 1 saturated heterocycles. The molecule has 1 N–H and O–H groups in total. The van der Waals surface area contributed by atoms with Gasteiger partial charge in [-0.25, -0.2) is 0 Å². The summed E-state index contributed by atoms with van der Waals surface area (Å²) in [5, 5.41) is 3.31. The van der Waals surface area contributed by atoms with E-state index in [9.17, 15) is 4.79 Å². The van der Waals surface area contributed by atoms with Gasteiger partial charge in [0.25, 0.3) is 0 Å². The number of rotatable bonds is 5. The van der Waals surface area contributed by atoms with Crippen LogP contribution in [0.4, 0.5) is 0 Å². The molecule has 1 atom stereocenters. The zero-order chi connectivity index (χ0) is 19.1. The van der Waals surface area contributed by atoms with E-state index in [1.54, 1.807) is 26.0 Å². The minimum absolute atomic E-state index is 0.126. The first-order valence-corrected chi connectivity index (χ1v) is 9.87. The fourth-order valence-electron chi connectivity index (χ4n) is 3.11. The smallest absolute Gasteiger partial charge is 0.223 e. The van der Waals surface area contributed by atoms with Crippen LogP contribution in [0.15, 0.2) is 33.7 Å². The van der Waals surface area contributed by atoms with Gasteiger partial charge in [0.2, 0.25) is 5.91 Å². The average molecular weight is 424 g/mol. The molecule has 2 rings (SSSR count). The third kappa shape index (κ3) is 5.71. The lowest BCUT2D eigenvalue weighted by Crippen LogP contribution is -2.53. The molecular formula is C19H30BrN5O. The summed E-state index contributed by atoms with van der Waals surface area (Å²) in [6.45, 7) is 6.73. The van der Waals surface area contributed by atoms with Gasteiger partial charge < -0.3 is 15.1 Å². The molecule has 0 spiro atoms. The average Bonchev–Trinajstić information content (AvgIpc) is 2.65. The van der Waals surface area contributed by atoms with E-state index >= 15 is 0 Å². The van der Waals surface area contributed by atoms with Gasteiger partial charge in [-0.15, -0.1) is 0 Å². The Bertz CT molecular complexity index is 609. The Morgan fingerprint density at radius 1 is 1.23 bits per heavy atom. The van der Waals surface area contributed by atoms with Gasteiger partial charge in [-0.3, -0.25) is 14.7 Å². The van der Waals surface area contributed by atoms with E-state index in [-0.39, 0.29) is 5.91 Å². The van der Waals surface area contributed by atoms with E-state index in [0.29, 0.717) is 19.0 Å². The largest absolute Gasteiger partial charge is 0.356 e. The molecule has 1 aromatic rings. The van der Waals surface area contributed by atoms with Crippen molar-refractivity contribution in [3.05, 3.63) is 34.3 Å². The van der Waals surface area contributed by atoms with Crippen molar-refractivity contribution in [2.75, 3.05) is 53.9 Å². The molecule has 0 saturated carbocycles. The lowest BCUT2D eigenvalue weighted by molar-refractivity contribution is -0.128. The summed E-state index contributed by atoms with van der Waals surface area (Å²) in [5.41, 5.74) is 1.34. The number of benzene rings is 1. The fraction of sp³-hybridized carbons (Fsp3) is 0.579. The third-order valence-electron chi connectivity index (χ3n) is 4.85. The summed E-state index contributed by atoms with van der Waals surface area (Å²) < 4.78 is 1.11. The molecule has 6 nitrogen and oxygen atoms in total. The summed E-state index contributed by atoms with van der Waals surface area (Å²) in [6.07, 6.45) is 0.479. The van der Waals surface area contributed by atoms with Crippen molar-refractivity contribution in [3.63, 3.8) is 0 Å². The number of halogens is 1. The Labute approximate surface area is 165 Å². The van der Waals surface area contributed by atoms with E-state index in [0.717, 1.165) is 36.6 Å². The highest BCUT2D eigenvalue weighted by Gasteiger charge is 2.23. The predicted octanol–water partition coefficient (Wildman–Crippen LogP) is 2.18. The van der Waals surface area contributed by atoms with E-state index in [2.05, 4.69) is 67.2 Å². The maximum Gasteiger partial charge on any atom is 0.223 e. The van der Waals surface area contributed by atoms with E-state index in [4.69, 9.17) is 0 Å². The van der Waals surface area contributed by atoms with E-state index < -0.39 is 0 Å². The monoisotopic (exact) mass is 423 g/mol. The second-order valence-electron chi connectivity index (χ2n) is 6.76. The predicted molar refractivity (Wildman–Crippen MR) is 110 cm³/mol. The van der Waals surface area contributed by atoms with Crippen molar-refractivity contribution in [3.8, 4) is 0 Å². The molecule has 0 bridgehead atoms. The van der Waals surface area contributed by atoms with Crippen molar-refractivity contribution in [1.82, 2.24) is 20.0 Å². The summed E-state index contributed by atoms with van der Waals surface area (Å²) in [5.74, 6) is 1.01. The molecule has 1 aliphatic rings. The Kier molecular flexibility index (Phi) is 7.90. The zero-order valence-electron chi connectivity index (χ0n) is 16.2. The molecule has 144 valence electrons. The van der Waals surface area contributed by atoms with Crippen LogP contribution in [0, 0.1) is 0 Å². The normalized spacial score (nSPS) is 17.1.